The van der Waals surface area contributed by atoms with Gasteiger partial charge in [-0.2, -0.15) is 4.37 Å². The van der Waals surface area contributed by atoms with E-state index < -0.39 is 0 Å². The molecule has 0 saturated carbocycles. The van der Waals surface area contributed by atoms with Gasteiger partial charge in [0, 0.05) is 31.6 Å². The Morgan fingerprint density at radius 2 is 2.25 bits per heavy atom. The van der Waals surface area contributed by atoms with Crippen molar-refractivity contribution in [1.29, 1.82) is 0 Å². The Balaban J connectivity index is 2.34. The standard InChI is InChI=1S/C10H19N3O2S/c1-7(2)8(14)6-11-10-12-9(13-16-10)4-5-15-3/h7-8,14H,4-6H2,1-3H3,(H,11,12,13). The molecule has 1 aromatic rings. The third-order valence-electron chi connectivity index (χ3n) is 2.23. The minimum Gasteiger partial charge on any atom is -0.391 e. The molecule has 1 atom stereocenters. The molecule has 1 heterocycles. The minimum atomic E-state index is -0.355. The van der Waals surface area contributed by atoms with Crippen LogP contribution in [0.1, 0.15) is 19.7 Å². The highest BCUT2D eigenvalue weighted by Gasteiger charge is 2.10. The van der Waals surface area contributed by atoms with Crippen LogP contribution in [0.4, 0.5) is 5.13 Å². The highest BCUT2D eigenvalue weighted by atomic mass is 32.1. The summed E-state index contributed by atoms with van der Waals surface area (Å²) in [6.45, 7) is 5.11. The molecule has 1 aromatic heterocycles. The van der Waals surface area contributed by atoms with Crippen molar-refractivity contribution in [2.45, 2.75) is 26.4 Å². The topological polar surface area (TPSA) is 67.3 Å². The predicted molar refractivity (Wildman–Crippen MR) is 64.8 cm³/mol. The summed E-state index contributed by atoms with van der Waals surface area (Å²) >= 11 is 1.31. The number of nitrogens with zero attached hydrogens (tertiary/aromatic N) is 2. The van der Waals surface area contributed by atoms with Gasteiger partial charge in [0.1, 0.15) is 5.82 Å². The Morgan fingerprint density at radius 3 is 2.88 bits per heavy atom. The van der Waals surface area contributed by atoms with E-state index in [-0.39, 0.29) is 12.0 Å². The quantitative estimate of drug-likeness (QED) is 0.754. The number of aliphatic hydroxyl groups excluding tert-OH is 1. The largest absolute Gasteiger partial charge is 0.391 e. The normalized spacial score (nSPS) is 13.1. The first-order valence-corrected chi connectivity index (χ1v) is 6.14. The number of methoxy groups -OCH3 is 1. The maximum atomic E-state index is 9.61. The summed E-state index contributed by atoms with van der Waals surface area (Å²) in [5.41, 5.74) is 0. The summed E-state index contributed by atoms with van der Waals surface area (Å²) in [5, 5.41) is 13.4. The van der Waals surface area contributed by atoms with Crippen LogP contribution in [0.2, 0.25) is 0 Å². The van der Waals surface area contributed by atoms with Gasteiger partial charge >= 0.3 is 0 Å². The van der Waals surface area contributed by atoms with Crippen molar-refractivity contribution in [3.8, 4) is 0 Å². The molecule has 0 spiro atoms. The van der Waals surface area contributed by atoms with E-state index in [2.05, 4.69) is 14.7 Å². The number of ether oxygens (including phenoxy) is 1. The number of rotatable bonds is 7. The summed E-state index contributed by atoms with van der Waals surface area (Å²) in [5.74, 6) is 1.03. The Kier molecular flexibility index (Phi) is 5.65. The summed E-state index contributed by atoms with van der Waals surface area (Å²) in [6.07, 6.45) is 0.368. The molecule has 0 fully saturated rings. The van der Waals surface area contributed by atoms with Crippen molar-refractivity contribution in [3.05, 3.63) is 5.82 Å². The maximum absolute atomic E-state index is 9.61. The molecule has 6 heteroatoms. The number of anilines is 1. The molecule has 1 rings (SSSR count). The Morgan fingerprint density at radius 1 is 1.50 bits per heavy atom. The molecule has 0 bridgehead atoms. The molecule has 0 radical (unpaired) electrons. The van der Waals surface area contributed by atoms with E-state index >= 15 is 0 Å². The monoisotopic (exact) mass is 245 g/mol. The lowest BCUT2D eigenvalue weighted by Gasteiger charge is -2.13. The van der Waals surface area contributed by atoms with Gasteiger partial charge in [0.25, 0.3) is 0 Å². The predicted octanol–water partition coefficient (Wildman–Crippen LogP) is 1.16. The van der Waals surface area contributed by atoms with E-state index in [0.717, 1.165) is 17.4 Å². The second kappa shape index (κ2) is 6.78. The van der Waals surface area contributed by atoms with E-state index in [1.165, 1.54) is 11.5 Å². The molecule has 0 amide bonds. The fraction of sp³-hybridized carbons (Fsp3) is 0.800. The fourth-order valence-electron chi connectivity index (χ4n) is 1.05. The lowest BCUT2D eigenvalue weighted by atomic mass is 10.1. The Labute approximate surface area is 100 Å². The van der Waals surface area contributed by atoms with Gasteiger partial charge in [-0.25, -0.2) is 4.98 Å². The van der Waals surface area contributed by atoms with Gasteiger partial charge in [-0.1, -0.05) is 13.8 Å². The van der Waals surface area contributed by atoms with Gasteiger partial charge < -0.3 is 15.2 Å². The molecule has 0 saturated heterocycles. The van der Waals surface area contributed by atoms with E-state index in [1.807, 2.05) is 13.8 Å². The summed E-state index contributed by atoms with van der Waals surface area (Å²) in [4.78, 5) is 4.28. The Bertz CT molecular complexity index is 304. The molecule has 16 heavy (non-hydrogen) atoms. The zero-order valence-corrected chi connectivity index (χ0v) is 10.8. The molecule has 0 aliphatic carbocycles. The lowest BCUT2D eigenvalue weighted by molar-refractivity contribution is 0.138. The molecule has 1 unspecified atom stereocenters. The van der Waals surface area contributed by atoms with Gasteiger partial charge in [-0.15, -0.1) is 0 Å². The number of aliphatic hydroxyl groups is 1. The van der Waals surface area contributed by atoms with Gasteiger partial charge in [0.2, 0.25) is 5.13 Å². The van der Waals surface area contributed by atoms with E-state index in [9.17, 15) is 5.11 Å². The highest BCUT2D eigenvalue weighted by molar-refractivity contribution is 7.09. The minimum absolute atomic E-state index is 0.244. The zero-order chi connectivity index (χ0) is 12.0. The van der Waals surface area contributed by atoms with E-state index in [4.69, 9.17) is 4.74 Å². The van der Waals surface area contributed by atoms with Crippen molar-refractivity contribution < 1.29 is 9.84 Å². The van der Waals surface area contributed by atoms with Crippen LogP contribution in [0.5, 0.6) is 0 Å². The molecule has 92 valence electrons. The molecule has 0 aliphatic rings. The smallest absolute Gasteiger partial charge is 0.202 e. The van der Waals surface area contributed by atoms with E-state index in [0.29, 0.717) is 13.2 Å². The first-order chi connectivity index (χ1) is 7.63. The van der Waals surface area contributed by atoms with Crippen LogP contribution in [-0.2, 0) is 11.2 Å². The Hall–Kier alpha value is -0.720. The van der Waals surface area contributed by atoms with Crippen LogP contribution in [0.15, 0.2) is 0 Å². The molecular weight excluding hydrogens is 226 g/mol. The number of hydrogen-bond acceptors (Lipinski definition) is 6. The van der Waals surface area contributed by atoms with Gasteiger partial charge in [-0.05, 0) is 5.92 Å². The zero-order valence-electron chi connectivity index (χ0n) is 9.93. The SMILES string of the molecule is COCCc1nsc(NCC(O)C(C)C)n1. The number of hydrogen-bond donors (Lipinski definition) is 2. The first-order valence-electron chi connectivity index (χ1n) is 5.37. The van der Waals surface area contributed by atoms with Crippen molar-refractivity contribution in [3.63, 3.8) is 0 Å². The molecule has 2 N–H and O–H groups in total. The van der Waals surface area contributed by atoms with Crippen LogP contribution in [0, 0.1) is 5.92 Å². The average molecular weight is 245 g/mol. The summed E-state index contributed by atoms with van der Waals surface area (Å²) in [7, 11) is 1.66. The third-order valence-corrected chi connectivity index (χ3v) is 2.94. The third kappa shape index (κ3) is 4.42. The van der Waals surface area contributed by atoms with Crippen LogP contribution < -0.4 is 5.32 Å². The summed E-state index contributed by atoms with van der Waals surface area (Å²) < 4.78 is 9.13. The van der Waals surface area contributed by atoms with Crippen LogP contribution in [0.25, 0.3) is 0 Å². The summed E-state index contributed by atoms with van der Waals surface area (Å²) in [6, 6.07) is 0. The van der Waals surface area contributed by atoms with Crippen LogP contribution in [0.3, 0.4) is 0 Å². The lowest BCUT2D eigenvalue weighted by Crippen LogP contribution is -2.24. The highest BCUT2D eigenvalue weighted by Crippen LogP contribution is 2.12. The van der Waals surface area contributed by atoms with E-state index in [1.54, 1.807) is 7.11 Å². The maximum Gasteiger partial charge on any atom is 0.202 e. The van der Waals surface area contributed by atoms with Crippen molar-refractivity contribution >= 4 is 16.7 Å². The first kappa shape index (κ1) is 13.3. The second-order valence-electron chi connectivity index (χ2n) is 3.95. The number of aromatic nitrogens is 2. The van der Waals surface area contributed by atoms with Crippen molar-refractivity contribution in [2.75, 3.05) is 25.6 Å². The number of nitrogens with one attached hydrogen (secondary N) is 1. The molecule has 5 nitrogen and oxygen atoms in total. The van der Waals surface area contributed by atoms with Crippen LogP contribution >= 0.6 is 11.5 Å². The van der Waals surface area contributed by atoms with Crippen molar-refractivity contribution in [1.82, 2.24) is 9.36 Å². The molecule has 0 aliphatic heterocycles. The van der Waals surface area contributed by atoms with Gasteiger partial charge in [-0.3, -0.25) is 0 Å². The van der Waals surface area contributed by atoms with Crippen molar-refractivity contribution in [2.24, 2.45) is 5.92 Å². The molecule has 0 aromatic carbocycles. The fourth-order valence-corrected chi connectivity index (χ4v) is 1.67. The van der Waals surface area contributed by atoms with Crippen LogP contribution in [-0.4, -0.2) is 40.8 Å². The van der Waals surface area contributed by atoms with Gasteiger partial charge in [0.15, 0.2) is 0 Å². The van der Waals surface area contributed by atoms with Gasteiger partial charge in [0.05, 0.1) is 12.7 Å². The molecular formula is C10H19N3O2S. The average Bonchev–Trinajstić information content (AvgIpc) is 2.70. The second-order valence-corrected chi connectivity index (χ2v) is 4.70.